The number of amides is 1. The lowest BCUT2D eigenvalue weighted by Crippen LogP contribution is -2.41. The number of hydrogen-bond donors (Lipinski definition) is 3. The molecule has 1 atom stereocenters. The maximum absolute atomic E-state index is 11.9. The third-order valence-corrected chi connectivity index (χ3v) is 2.67. The van der Waals surface area contributed by atoms with Crippen LogP contribution in [0.5, 0.6) is 0 Å². The van der Waals surface area contributed by atoms with E-state index in [1.54, 1.807) is 6.92 Å². The van der Waals surface area contributed by atoms with Crippen LogP contribution in [0, 0.1) is 0 Å². The summed E-state index contributed by atoms with van der Waals surface area (Å²) < 4.78 is 0. The van der Waals surface area contributed by atoms with Crippen molar-refractivity contribution in [2.24, 2.45) is 0 Å². The van der Waals surface area contributed by atoms with Crippen LogP contribution in [0.3, 0.4) is 0 Å². The van der Waals surface area contributed by atoms with Crippen molar-refractivity contribution in [2.75, 3.05) is 11.1 Å². The van der Waals surface area contributed by atoms with Crippen LogP contribution in [-0.2, 0) is 4.79 Å². The van der Waals surface area contributed by atoms with Crippen LogP contribution >= 0.6 is 0 Å². The molecule has 1 heterocycles. The first-order chi connectivity index (χ1) is 8.82. The highest BCUT2D eigenvalue weighted by molar-refractivity contribution is 5.84. The number of rotatable bonds is 5. The molecule has 0 aromatic carbocycles. The topological polar surface area (TPSA) is 92.9 Å². The second-order valence-electron chi connectivity index (χ2n) is 5.21. The van der Waals surface area contributed by atoms with Crippen molar-refractivity contribution in [3.8, 4) is 0 Å². The molecule has 0 fully saturated rings. The number of anilines is 2. The van der Waals surface area contributed by atoms with Gasteiger partial charge < -0.3 is 16.4 Å². The number of carbonyl (C=O) groups excluding carboxylic acids is 1. The molecule has 0 saturated heterocycles. The Bertz CT molecular complexity index is 445. The Morgan fingerprint density at radius 1 is 1.21 bits per heavy atom. The van der Waals surface area contributed by atoms with Crippen LogP contribution in [0.15, 0.2) is 6.33 Å². The number of nitrogens with zero attached hydrogens (tertiary/aromatic N) is 2. The number of carbonyl (C=O) groups is 1. The van der Waals surface area contributed by atoms with Crippen LogP contribution in [0.1, 0.15) is 46.1 Å². The van der Waals surface area contributed by atoms with Crippen LogP contribution in [0.2, 0.25) is 0 Å². The van der Waals surface area contributed by atoms with Gasteiger partial charge in [-0.1, -0.05) is 13.8 Å². The van der Waals surface area contributed by atoms with Crippen molar-refractivity contribution < 1.29 is 4.79 Å². The van der Waals surface area contributed by atoms with Gasteiger partial charge in [-0.25, -0.2) is 9.97 Å². The molecule has 6 heteroatoms. The van der Waals surface area contributed by atoms with Crippen LogP contribution < -0.4 is 16.4 Å². The fourth-order valence-electron chi connectivity index (χ4n) is 1.77. The number of aromatic nitrogens is 2. The highest BCUT2D eigenvalue weighted by Crippen LogP contribution is 2.26. The highest BCUT2D eigenvalue weighted by atomic mass is 16.2. The monoisotopic (exact) mass is 265 g/mol. The van der Waals surface area contributed by atoms with E-state index in [2.05, 4.69) is 20.6 Å². The lowest BCUT2D eigenvalue weighted by Gasteiger charge is -2.20. The molecule has 0 aliphatic carbocycles. The minimum atomic E-state index is -0.380. The van der Waals surface area contributed by atoms with Crippen LogP contribution in [-0.4, -0.2) is 28.0 Å². The van der Waals surface area contributed by atoms with Gasteiger partial charge in [-0.05, 0) is 26.7 Å². The van der Waals surface area contributed by atoms with E-state index in [-0.39, 0.29) is 23.9 Å². The van der Waals surface area contributed by atoms with E-state index < -0.39 is 0 Å². The lowest BCUT2D eigenvalue weighted by molar-refractivity contribution is -0.122. The Morgan fingerprint density at radius 3 is 2.37 bits per heavy atom. The largest absolute Gasteiger partial charge is 0.383 e. The van der Waals surface area contributed by atoms with Crippen molar-refractivity contribution >= 4 is 17.5 Å². The first-order valence-electron chi connectivity index (χ1n) is 6.50. The Kier molecular flexibility index (Phi) is 5.09. The van der Waals surface area contributed by atoms with E-state index in [0.29, 0.717) is 11.6 Å². The van der Waals surface area contributed by atoms with Crippen LogP contribution in [0.4, 0.5) is 11.6 Å². The number of nitrogens with two attached hydrogens (primary N) is 1. The Hall–Kier alpha value is -1.85. The third-order valence-electron chi connectivity index (χ3n) is 2.67. The van der Waals surface area contributed by atoms with E-state index in [4.69, 9.17) is 5.73 Å². The summed E-state index contributed by atoms with van der Waals surface area (Å²) in [5.74, 6) is 1.18. The molecular formula is C13H23N5O. The highest BCUT2D eigenvalue weighted by Gasteiger charge is 2.18. The lowest BCUT2D eigenvalue weighted by atomic mass is 10.0. The fourth-order valence-corrected chi connectivity index (χ4v) is 1.77. The molecule has 0 spiro atoms. The van der Waals surface area contributed by atoms with Crippen molar-refractivity contribution in [3.63, 3.8) is 0 Å². The Balaban J connectivity index is 2.88. The fraction of sp³-hybridized carbons (Fsp3) is 0.615. The molecule has 0 radical (unpaired) electrons. The van der Waals surface area contributed by atoms with Crippen molar-refractivity contribution in [2.45, 2.75) is 52.6 Å². The molecule has 0 bridgehead atoms. The zero-order valence-corrected chi connectivity index (χ0v) is 12.2. The first kappa shape index (κ1) is 15.2. The zero-order valence-electron chi connectivity index (χ0n) is 12.2. The Labute approximate surface area is 114 Å². The smallest absolute Gasteiger partial charge is 0.242 e. The average Bonchev–Trinajstić information content (AvgIpc) is 2.27. The molecule has 4 N–H and O–H groups in total. The maximum atomic E-state index is 11.9. The molecule has 1 unspecified atom stereocenters. The van der Waals surface area contributed by atoms with Gasteiger partial charge in [-0.3, -0.25) is 4.79 Å². The Morgan fingerprint density at radius 2 is 1.84 bits per heavy atom. The van der Waals surface area contributed by atoms with Crippen molar-refractivity contribution in [1.82, 2.24) is 15.3 Å². The van der Waals surface area contributed by atoms with Gasteiger partial charge in [0.25, 0.3) is 0 Å². The predicted octanol–water partition coefficient (Wildman–Crippen LogP) is 1.51. The zero-order chi connectivity index (χ0) is 14.6. The quantitative estimate of drug-likeness (QED) is 0.750. The summed E-state index contributed by atoms with van der Waals surface area (Å²) in [6.45, 7) is 9.66. The molecule has 6 nitrogen and oxygen atoms in total. The van der Waals surface area contributed by atoms with Gasteiger partial charge in [0.15, 0.2) is 0 Å². The van der Waals surface area contributed by atoms with E-state index in [0.717, 1.165) is 5.56 Å². The molecule has 19 heavy (non-hydrogen) atoms. The van der Waals surface area contributed by atoms with Gasteiger partial charge in [0, 0.05) is 11.6 Å². The summed E-state index contributed by atoms with van der Waals surface area (Å²) in [5, 5.41) is 5.94. The molecule has 1 rings (SSSR count). The molecule has 1 amide bonds. The van der Waals surface area contributed by atoms with E-state index in [9.17, 15) is 4.79 Å². The summed E-state index contributed by atoms with van der Waals surface area (Å²) in [6.07, 6.45) is 1.40. The van der Waals surface area contributed by atoms with E-state index in [1.807, 2.05) is 27.7 Å². The van der Waals surface area contributed by atoms with Crippen molar-refractivity contribution in [1.29, 1.82) is 0 Å². The predicted molar refractivity (Wildman–Crippen MR) is 76.9 cm³/mol. The maximum Gasteiger partial charge on any atom is 0.242 e. The van der Waals surface area contributed by atoms with Gasteiger partial charge in [0.1, 0.15) is 24.0 Å². The molecule has 1 aromatic heterocycles. The molecule has 0 aliphatic heterocycles. The average molecular weight is 265 g/mol. The van der Waals surface area contributed by atoms with Gasteiger partial charge in [0.05, 0.1) is 0 Å². The summed E-state index contributed by atoms with van der Waals surface area (Å²) in [5.41, 5.74) is 6.70. The minimum absolute atomic E-state index is 0.0677. The summed E-state index contributed by atoms with van der Waals surface area (Å²) in [6, 6.07) is -0.272. The number of nitrogen functional groups attached to an aromatic ring is 1. The normalized spacial score (nSPS) is 12.6. The van der Waals surface area contributed by atoms with E-state index in [1.165, 1.54) is 6.33 Å². The van der Waals surface area contributed by atoms with Crippen molar-refractivity contribution in [3.05, 3.63) is 11.9 Å². The van der Waals surface area contributed by atoms with Crippen LogP contribution in [0.25, 0.3) is 0 Å². The molecule has 1 aromatic rings. The molecule has 106 valence electrons. The van der Waals surface area contributed by atoms with Gasteiger partial charge in [0.2, 0.25) is 5.91 Å². The standard InChI is InChI=1S/C13H23N5O/c1-7(2)10-11(14)15-6-16-12(10)18-9(5)13(19)17-8(3)4/h6-9H,1-5H3,(H,17,19)(H3,14,15,16,18). The van der Waals surface area contributed by atoms with E-state index >= 15 is 0 Å². The molecule has 0 saturated carbocycles. The van der Waals surface area contributed by atoms with Gasteiger partial charge >= 0.3 is 0 Å². The molecule has 0 aliphatic rings. The second kappa shape index (κ2) is 6.36. The number of hydrogen-bond acceptors (Lipinski definition) is 5. The third kappa shape index (κ3) is 4.08. The minimum Gasteiger partial charge on any atom is -0.383 e. The summed E-state index contributed by atoms with van der Waals surface area (Å²) in [4.78, 5) is 20.0. The summed E-state index contributed by atoms with van der Waals surface area (Å²) in [7, 11) is 0. The number of nitrogens with one attached hydrogen (secondary N) is 2. The molecular weight excluding hydrogens is 242 g/mol. The summed E-state index contributed by atoms with van der Waals surface area (Å²) >= 11 is 0. The second-order valence-corrected chi connectivity index (χ2v) is 5.21. The van der Waals surface area contributed by atoms with Gasteiger partial charge in [-0.15, -0.1) is 0 Å². The first-order valence-corrected chi connectivity index (χ1v) is 6.50. The van der Waals surface area contributed by atoms with Gasteiger partial charge in [-0.2, -0.15) is 0 Å². The SMILES string of the molecule is CC(C)NC(=O)C(C)Nc1ncnc(N)c1C(C)C.